The van der Waals surface area contributed by atoms with E-state index in [-0.39, 0.29) is 11.9 Å². The number of hydrogen-bond acceptors (Lipinski definition) is 7. The van der Waals surface area contributed by atoms with Crippen LogP contribution in [0.1, 0.15) is 12.8 Å². The molecule has 1 aromatic carbocycles. The Bertz CT molecular complexity index is 876. The monoisotopic (exact) mass is 375 g/mol. The minimum atomic E-state index is -0.198. The van der Waals surface area contributed by atoms with Crippen LogP contribution in [0.5, 0.6) is 0 Å². The summed E-state index contributed by atoms with van der Waals surface area (Å²) in [6.07, 6.45) is 5.48. The molecule has 25 heavy (non-hydrogen) atoms. The van der Waals surface area contributed by atoms with Crippen LogP contribution in [0.3, 0.4) is 0 Å². The summed E-state index contributed by atoms with van der Waals surface area (Å²) in [6.45, 7) is 1.76. The molecule has 0 radical (unpaired) electrons. The molecule has 4 rings (SSSR count). The van der Waals surface area contributed by atoms with Gasteiger partial charge in [-0.05, 0) is 31.2 Å². The first kappa shape index (κ1) is 16.5. The summed E-state index contributed by atoms with van der Waals surface area (Å²) in [5.74, 6) is 0.767. The van der Waals surface area contributed by atoms with Crippen molar-refractivity contribution >= 4 is 45.0 Å². The predicted molar refractivity (Wildman–Crippen MR) is 102 cm³/mol. The van der Waals surface area contributed by atoms with Crippen LogP contribution in [-0.4, -0.2) is 40.3 Å². The Morgan fingerprint density at radius 2 is 2.04 bits per heavy atom. The maximum Gasteiger partial charge on any atom is 0.176 e. The first-order chi connectivity index (χ1) is 12.2. The molecule has 1 fully saturated rings. The number of halogens is 1. The topological polar surface area (TPSA) is 53.9 Å². The van der Waals surface area contributed by atoms with Crippen molar-refractivity contribution in [3.05, 3.63) is 36.4 Å². The predicted octanol–water partition coefficient (Wildman–Crippen LogP) is 4.03. The highest BCUT2D eigenvalue weighted by atomic mass is 32.2. The highest BCUT2D eigenvalue weighted by Crippen LogP contribution is 2.34. The molecule has 1 saturated heterocycles. The van der Waals surface area contributed by atoms with Crippen LogP contribution in [0.4, 0.5) is 15.9 Å². The Morgan fingerprint density at radius 3 is 2.80 bits per heavy atom. The van der Waals surface area contributed by atoms with Crippen molar-refractivity contribution in [3.8, 4) is 0 Å². The standard InChI is InChI=1S/C17H18FN5S2/c1-24-17-22-15-14(25-17)16(20-10-19-15)23-8-6-11(7-9-23)21-13-5-3-2-4-12(13)18/h2-5,10-11,21H,6-9H2,1H3. The maximum absolute atomic E-state index is 13.8. The number of rotatable bonds is 4. The number of nitrogens with zero attached hydrogens (tertiary/aromatic N) is 4. The highest BCUT2D eigenvalue weighted by Gasteiger charge is 2.23. The minimum absolute atomic E-state index is 0.198. The summed E-state index contributed by atoms with van der Waals surface area (Å²) in [6, 6.07) is 7.11. The summed E-state index contributed by atoms with van der Waals surface area (Å²) in [4.78, 5) is 15.6. The number of para-hydroxylation sites is 1. The van der Waals surface area contributed by atoms with Gasteiger partial charge in [0.2, 0.25) is 0 Å². The van der Waals surface area contributed by atoms with Gasteiger partial charge in [-0.1, -0.05) is 23.9 Å². The molecule has 1 N–H and O–H groups in total. The molecular formula is C17H18FN5S2. The highest BCUT2D eigenvalue weighted by molar-refractivity contribution is 8.00. The molecule has 0 bridgehead atoms. The Morgan fingerprint density at radius 1 is 1.24 bits per heavy atom. The fraction of sp³-hybridized carbons (Fsp3) is 0.353. The van der Waals surface area contributed by atoms with Crippen LogP contribution in [0.2, 0.25) is 0 Å². The Balaban J connectivity index is 1.47. The Kier molecular flexibility index (Phi) is 4.72. The second-order valence-electron chi connectivity index (χ2n) is 5.92. The van der Waals surface area contributed by atoms with Crippen LogP contribution in [0.15, 0.2) is 34.9 Å². The van der Waals surface area contributed by atoms with Crippen molar-refractivity contribution in [3.63, 3.8) is 0 Å². The lowest BCUT2D eigenvalue weighted by molar-refractivity contribution is 0.520. The largest absolute Gasteiger partial charge is 0.380 e. The van der Waals surface area contributed by atoms with Gasteiger partial charge in [0, 0.05) is 19.1 Å². The zero-order chi connectivity index (χ0) is 17.2. The van der Waals surface area contributed by atoms with Gasteiger partial charge in [0.05, 0.1) is 5.69 Å². The number of piperidine rings is 1. The van der Waals surface area contributed by atoms with Gasteiger partial charge in [-0.2, -0.15) is 0 Å². The minimum Gasteiger partial charge on any atom is -0.380 e. The summed E-state index contributed by atoms with van der Waals surface area (Å²) in [5.41, 5.74) is 1.35. The molecule has 0 spiro atoms. The van der Waals surface area contributed by atoms with Crippen LogP contribution < -0.4 is 10.2 Å². The number of anilines is 2. The second kappa shape index (κ2) is 7.13. The molecule has 2 aromatic heterocycles. The summed E-state index contributed by atoms with van der Waals surface area (Å²) in [5, 5.41) is 3.32. The number of nitrogens with one attached hydrogen (secondary N) is 1. The Labute approximate surface area is 153 Å². The number of aromatic nitrogens is 3. The third-order valence-electron chi connectivity index (χ3n) is 4.36. The quantitative estimate of drug-likeness (QED) is 0.695. The van der Waals surface area contributed by atoms with Crippen molar-refractivity contribution in [2.75, 3.05) is 29.6 Å². The number of thiazole rings is 1. The smallest absolute Gasteiger partial charge is 0.176 e. The molecule has 5 nitrogen and oxygen atoms in total. The zero-order valence-electron chi connectivity index (χ0n) is 13.8. The van der Waals surface area contributed by atoms with Crippen LogP contribution in [0, 0.1) is 5.82 Å². The Hall–Kier alpha value is -1.93. The van der Waals surface area contributed by atoms with Crippen molar-refractivity contribution in [1.82, 2.24) is 15.0 Å². The molecule has 0 unspecified atom stereocenters. The zero-order valence-corrected chi connectivity index (χ0v) is 15.4. The van der Waals surface area contributed by atoms with E-state index in [1.54, 1.807) is 41.6 Å². The average Bonchev–Trinajstić information content (AvgIpc) is 3.08. The van der Waals surface area contributed by atoms with Crippen LogP contribution in [-0.2, 0) is 0 Å². The fourth-order valence-electron chi connectivity index (χ4n) is 3.07. The van der Waals surface area contributed by atoms with Gasteiger partial charge in [0.1, 0.15) is 16.8 Å². The normalized spacial score (nSPS) is 15.7. The van der Waals surface area contributed by atoms with E-state index in [0.717, 1.165) is 46.4 Å². The first-order valence-electron chi connectivity index (χ1n) is 8.16. The molecule has 3 aromatic rings. The van der Waals surface area contributed by atoms with E-state index >= 15 is 0 Å². The lowest BCUT2D eigenvalue weighted by Gasteiger charge is -2.33. The first-order valence-corrected chi connectivity index (χ1v) is 10.2. The van der Waals surface area contributed by atoms with Crippen LogP contribution >= 0.6 is 23.1 Å². The SMILES string of the molecule is CSc1nc2ncnc(N3CCC(Nc4ccccc4F)CC3)c2s1. The van der Waals surface area contributed by atoms with Gasteiger partial charge in [0.25, 0.3) is 0 Å². The van der Waals surface area contributed by atoms with E-state index in [4.69, 9.17) is 0 Å². The molecule has 0 saturated carbocycles. The molecule has 0 atom stereocenters. The van der Waals surface area contributed by atoms with Gasteiger partial charge in [-0.3, -0.25) is 0 Å². The van der Waals surface area contributed by atoms with Gasteiger partial charge in [-0.15, -0.1) is 11.3 Å². The van der Waals surface area contributed by atoms with E-state index in [0.29, 0.717) is 5.69 Å². The van der Waals surface area contributed by atoms with E-state index in [1.165, 1.54) is 6.07 Å². The van der Waals surface area contributed by atoms with Crippen LogP contribution in [0.25, 0.3) is 10.3 Å². The molecule has 8 heteroatoms. The van der Waals surface area contributed by atoms with Gasteiger partial charge in [0.15, 0.2) is 15.8 Å². The molecule has 3 heterocycles. The molecule has 1 aliphatic heterocycles. The lowest BCUT2D eigenvalue weighted by Crippen LogP contribution is -2.39. The average molecular weight is 375 g/mol. The maximum atomic E-state index is 13.8. The van der Waals surface area contributed by atoms with E-state index in [9.17, 15) is 4.39 Å². The summed E-state index contributed by atoms with van der Waals surface area (Å²) in [7, 11) is 0. The van der Waals surface area contributed by atoms with Crippen molar-refractivity contribution < 1.29 is 4.39 Å². The van der Waals surface area contributed by atoms with Gasteiger partial charge >= 0.3 is 0 Å². The molecular weight excluding hydrogens is 357 g/mol. The van der Waals surface area contributed by atoms with E-state index < -0.39 is 0 Å². The number of fused-ring (bicyclic) bond motifs is 1. The molecule has 1 aliphatic rings. The van der Waals surface area contributed by atoms with Crippen molar-refractivity contribution in [2.24, 2.45) is 0 Å². The second-order valence-corrected chi connectivity index (χ2v) is 7.97. The molecule has 130 valence electrons. The van der Waals surface area contributed by atoms with E-state index in [2.05, 4.69) is 25.2 Å². The number of thioether (sulfide) groups is 1. The van der Waals surface area contributed by atoms with E-state index in [1.807, 2.05) is 12.3 Å². The summed E-state index contributed by atoms with van der Waals surface area (Å²) < 4.78 is 15.9. The fourth-order valence-corrected chi connectivity index (χ4v) is 4.60. The third-order valence-corrected chi connectivity index (χ3v) is 6.38. The summed E-state index contributed by atoms with van der Waals surface area (Å²) >= 11 is 3.27. The van der Waals surface area contributed by atoms with Crippen molar-refractivity contribution in [2.45, 2.75) is 23.2 Å². The number of hydrogen-bond donors (Lipinski definition) is 1. The number of benzene rings is 1. The third kappa shape index (κ3) is 3.41. The molecule has 0 aliphatic carbocycles. The van der Waals surface area contributed by atoms with Gasteiger partial charge < -0.3 is 10.2 Å². The van der Waals surface area contributed by atoms with Crippen molar-refractivity contribution in [1.29, 1.82) is 0 Å². The van der Waals surface area contributed by atoms with Gasteiger partial charge in [-0.25, -0.2) is 19.3 Å². The molecule has 0 amide bonds. The lowest BCUT2D eigenvalue weighted by atomic mass is 10.0.